The zero-order chi connectivity index (χ0) is 14.3. The van der Waals surface area contributed by atoms with Gasteiger partial charge >= 0.3 is 5.97 Å². The van der Waals surface area contributed by atoms with E-state index in [-0.39, 0.29) is 11.3 Å². The van der Waals surface area contributed by atoms with E-state index in [4.69, 9.17) is 10.8 Å². The van der Waals surface area contributed by atoms with Crippen molar-refractivity contribution in [1.82, 2.24) is 4.98 Å². The highest BCUT2D eigenvalue weighted by atomic mass is 16.4. The molecule has 19 heavy (non-hydrogen) atoms. The first kappa shape index (κ1) is 14.4. The van der Waals surface area contributed by atoms with Crippen molar-refractivity contribution < 1.29 is 14.7 Å². The van der Waals surface area contributed by atoms with Crippen LogP contribution in [0.5, 0.6) is 0 Å². The van der Waals surface area contributed by atoms with Crippen LogP contribution in [0.2, 0.25) is 0 Å². The number of anilines is 1. The number of nitrogens with two attached hydrogens (primary N) is 1. The third-order valence-corrected chi connectivity index (χ3v) is 2.27. The van der Waals surface area contributed by atoms with Gasteiger partial charge in [0.1, 0.15) is 0 Å². The second-order valence-corrected chi connectivity index (χ2v) is 3.68. The van der Waals surface area contributed by atoms with Gasteiger partial charge < -0.3 is 10.8 Å². The van der Waals surface area contributed by atoms with Gasteiger partial charge in [0.25, 0.3) is 0 Å². The lowest BCUT2D eigenvalue weighted by molar-refractivity contribution is 0.0696. The maximum Gasteiger partial charge on any atom is 0.335 e. The number of carbonyl (C=O) groups is 2. The predicted molar refractivity (Wildman–Crippen MR) is 72.1 cm³/mol. The molecule has 0 bridgehead atoms. The molecule has 0 atom stereocenters. The fraction of sp³-hybridized carbons (Fsp3) is 0.0714. The van der Waals surface area contributed by atoms with Gasteiger partial charge in [-0.05, 0) is 31.2 Å². The van der Waals surface area contributed by atoms with E-state index in [0.29, 0.717) is 11.3 Å². The fourth-order valence-electron chi connectivity index (χ4n) is 1.31. The molecule has 0 aliphatic rings. The van der Waals surface area contributed by atoms with Crippen molar-refractivity contribution in [2.75, 3.05) is 5.73 Å². The smallest absolute Gasteiger partial charge is 0.335 e. The van der Waals surface area contributed by atoms with Gasteiger partial charge in [0.2, 0.25) is 0 Å². The number of carboxylic acid groups (broad SMARTS) is 1. The van der Waals surface area contributed by atoms with Crippen LogP contribution in [0, 0.1) is 0 Å². The number of aromatic nitrogens is 1. The van der Waals surface area contributed by atoms with E-state index >= 15 is 0 Å². The van der Waals surface area contributed by atoms with Crippen molar-refractivity contribution >= 4 is 17.4 Å². The molecule has 0 radical (unpaired) electrons. The molecule has 2 aromatic rings. The molecule has 5 heteroatoms. The molecule has 5 nitrogen and oxygen atoms in total. The zero-order valence-corrected chi connectivity index (χ0v) is 10.4. The number of hydrogen-bond donors (Lipinski definition) is 2. The number of Topliss-reactive ketones (excluding diaryl/α,β-unsaturated/α-hetero) is 1. The number of nitrogen functional groups attached to an aromatic ring is 1. The molecule has 0 unspecified atom stereocenters. The van der Waals surface area contributed by atoms with E-state index in [2.05, 4.69) is 4.98 Å². The van der Waals surface area contributed by atoms with E-state index in [1.807, 2.05) is 6.07 Å². The van der Waals surface area contributed by atoms with Crippen LogP contribution in [0.15, 0.2) is 48.8 Å². The number of para-hydroxylation sites is 1. The Morgan fingerprint density at radius 3 is 2.05 bits per heavy atom. The zero-order valence-electron chi connectivity index (χ0n) is 10.4. The Labute approximate surface area is 110 Å². The highest BCUT2D eigenvalue weighted by Gasteiger charge is 2.00. The van der Waals surface area contributed by atoms with Gasteiger partial charge in [0.05, 0.1) is 5.56 Å². The van der Waals surface area contributed by atoms with E-state index in [9.17, 15) is 9.59 Å². The van der Waals surface area contributed by atoms with Crippen molar-refractivity contribution in [2.24, 2.45) is 0 Å². The van der Waals surface area contributed by atoms with Crippen LogP contribution in [0.4, 0.5) is 5.69 Å². The Bertz CT molecular complexity index is 568. The third-order valence-electron chi connectivity index (χ3n) is 2.27. The minimum Gasteiger partial charge on any atom is -0.478 e. The summed E-state index contributed by atoms with van der Waals surface area (Å²) in [5, 5.41) is 8.36. The molecule has 0 saturated heterocycles. The topological polar surface area (TPSA) is 93.3 Å². The first-order valence-electron chi connectivity index (χ1n) is 5.51. The lowest BCUT2D eigenvalue weighted by Gasteiger charge is -1.97. The van der Waals surface area contributed by atoms with Crippen LogP contribution >= 0.6 is 0 Å². The third kappa shape index (κ3) is 4.59. The normalized spacial score (nSPS) is 9.11. The lowest BCUT2D eigenvalue weighted by Crippen LogP contribution is -1.97. The quantitative estimate of drug-likeness (QED) is 0.636. The average Bonchev–Trinajstić information content (AvgIpc) is 2.40. The van der Waals surface area contributed by atoms with Crippen molar-refractivity contribution in [2.45, 2.75) is 6.92 Å². The molecule has 1 heterocycles. The molecule has 98 valence electrons. The van der Waals surface area contributed by atoms with E-state index in [1.54, 1.807) is 18.2 Å². The first-order valence-corrected chi connectivity index (χ1v) is 5.51. The standard InChI is InChI=1S/C8H9NO.C6H5NO2/c1-6(10)7-4-2-3-5-8(7)9;8-6(9)5-1-3-7-4-2-5/h2-5H,9H2,1H3;1-4H,(H,8,9). The minimum atomic E-state index is -0.919. The Morgan fingerprint density at radius 1 is 1.11 bits per heavy atom. The number of aromatic carboxylic acids is 1. The molecular formula is C14H14N2O3. The minimum absolute atomic E-state index is 0.0121. The van der Waals surface area contributed by atoms with Crippen LogP contribution in [0.3, 0.4) is 0 Å². The monoisotopic (exact) mass is 258 g/mol. The summed E-state index contributed by atoms with van der Waals surface area (Å²) in [5.41, 5.74) is 6.92. The molecule has 0 saturated carbocycles. The fourth-order valence-corrected chi connectivity index (χ4v) is 1.31. The highest BCUT2D eigenvalue weighted by Crippen LogP contribution is 2.09. The SMILES string of the molecule is CC(=O)c1ccccc1N.O=C(O)c1ccncc1. The number of ketones is 1. The summed E-state index contributed by atoms with van der Waals surface area (Å²) in [4.78, 5) is 24.6. The maximum atomic E-state index is 10.8. The molecule has 1 aromatic heterocycles. The van der Waals surface area contributed by atoms with E-state index < -0.39 is 5.97 Å². The summed E-state index contributed by atoms with van der Waals surface area (Å²) in [7, 11) is 0. The number of rotatable bonds is 2. The molecule has 0 spiro atoms. The number of carboxylic acids is 1. The molecule has 2 rings (SSSR count). The largest absolute Gasteiger partial charge is 0.478 e. The van der Waals surface area contributed by atoms with Gasteiger partial charge in [-0.1, -0.05) is 12.1 Å². The summed E-state index contributed by atoms with van der Waals surface area (Å²) in [6.07, 6.45) is 2.90. The summed E-state index contributed by atoms with van der Waals surface area (Å²) in [6, 6.07) is 9.94. The number of hydrogen-bond acceptors (Lipinski definition) is 4. The Hall–Kier alpha value is -2.69. The van der Waals surface area contributed by atoms with Crippen LogP contribution < -0.4 is 5.73 Å². The number of carbonyl (C=O) groups excluding carboxylic acids is 1. The van der Waals surface area contributed by atoms with Crippen LogP contribution in [-0.2, 0) is 0 Å². The van der Waals surface area contributed by atoms with Crippen LogP contribution in [-0.4, -0.2) is 21.8 Å². The van der Waals surface area contributed by atoms with E-state index in [1.165, 1.54) is 31.5 Å². The van der Waals surface area contributed by atoms with Crippen LogP contribution in [0.25, 0.3) is 0 Å². The van der Waals surface area contributed by atoms with Gasteiger partial charge in [-0.3, -0.25) is 9.78 Å². The maximum absolute atomic E-state index is 10.8. The average molecular weight is 258 g/mol. The Balaban J connectivity index is 0.000000191. The van der Waals surface area contributed by atoms with Gasteiger partial charge in [0, 0.05) is 23.6 Å². The van der Waals surface area contributed by atoms with Crippen molar-refractivity contribution in [3.8, 4) is 0 Å². The number of nitrogens with zero attached hydrogens (tertiary/aromatic N) is 1. The predicted octanol–water partition coefficient (Wildman–Crippen LogP) is 2.25. The van der Waals surface area contributed by atoms with Crippen molar-refractivity contribution in [3.05, 3.63) is 59.9 Å². The molecule has 0 amide bonds. The summed E-state index contributed by atoms with van der Waals surface area (Å²) < 4.78 is 0. The molecule has 0 aliphatic heterocycles. The second-order valence-electron chi connectivity index (χ2n) is 3.68. The Kier molecular flexibility index (Phi) is 5.22. The lowest BCUT2D eigenvalue weighted by atomic mass is 10.1. The first-order chi connectivity index (χ1) is 9.02. The molecule has 1 aromatic carbocycles. The summed E-state index contributed by atoms with van der Waals surface area (Å²) in [6.45, 7) is 1.51. The molecule has 0 fully saturated rings. The Morgan fingerprint density at radius 2 is 1.68 bits per heavy atom. The second kappa shape index (κ2) is 6.90. The van der Waals surface area contributed by atoms with Gasteiger partial charge in [-0.15, -0.1) is 0 Å². The van der Waals surface area contributed by atoms with Gasteiger partial charge in [-0.25, -0.2) is 4.79 Å². The summed E-state index contributed by atoms with van der Waals surface area (Å²) >= 11 is 0. The molecule has 0 aliphatic carbocycles. The van der Waals surface area contributed by atoms with Crippen LogP contribution in [0.1, 0.15) is 27.6 Å². The number of benzene rings is 1. The molecule has 3 N–H and O–H groups in total. The highest BCUT2D eigenvalue weighted by molar-refractivity contribution is 5.98. The van der Waals surface area contributed by atoms with Crippen molar-refractivity contribution in [1.29, 1.82) is 0 Å². The van der Waals surface area contributed by atoms with E-state index in [0.717, 1.165) is 0 Å². The van der Waals surface area contributed by atoms with Crippen molar-refractivity contribution in [3.63, 3.8) is 0 Å². The van der Waals surface area contributed by atoms with Gasteiger partial charge in [-0.2, -0.15) is 0 Å². The number of pyridine rings is 1. The summed E-state index contributed by atoms with van der Waals surface area (Å²) in [5.74, 6) is -0.907. The van der Waals surface area contributed by atoms with Gasteiger partial charge in [0.15, 0.2) is 5.78 Å². The molecular weight excluding hydrogens is 244 g/mol.